The molecule has 0 saturated heterocycles. The Balaban J connectivity index is 2.69. The van der Waals surface area contributed by atoms with Crippen molar-refractivity contribution in [2.75, 3.05) is 0 Å². The molecule has 0 aliphatic rings. The Morgan fingerprint density at radius 2 is 1.73 bits per heavy atom. The lowest BCUT2D eigenvalue weighted by Gasteiger charge is -2.30. The molecule has 22 heavy (non-hydrogen) atoms. The van der Waals surface area contributed by atoms with E-state index in [1.54, 1.807) is 0 Å². The van der Waals surface area contributed by atoms with Gasteiger partial charge in [0.2, 0.25) is 0 Å². The maximum absolute atomic E-state index is 4.72. The summed E-state index contributed by atoms with van der Waals surface area (Å²) in [6, 6.07) is 12.5. The highest BCUT2D eigenvalue weighted by molar-refractivity contribution is 6.94. The van der Waals surface area contributed by atoms with Crippen LogP contribution in [0.2, 0.25) is 13.1 Å². The first-order valence-corrected chi connectivity index (χ1v) is 10.7. The number of benzene rings is 1. The first kappa shape index (κ1) is 16.4. The van der Waals surface area contributed by atoms with Gasteiger partial charge in [-0.1, -0.05) is 69.0 Å². The molecule has 1 heterocycles. The van der Waals surface area contributed by atoms with Crippen LogP contribution in [0.1, 0.15) is 19.4 Å². The Kier molecular flexibility index (Phi) is 4.52. The molecule has 0 fully saturated rings. The van der Waals surface area contributed by atoms with Gasteiger partial charge in [0.15, 0.2) is 0 Å². The third-order valence-electron chi connectivity index (χ3n) is 4.38. The number of allylic oxidation sites excluding steroid dienone is 1. The Morgan fingerprint density at radius 3 is 2.27 bits per heavy atom. The molecular formula is C20H25NSi. The molecule has 2 heteroatoms. The second-order valence-electron chi connectivity index (χ2n) is 6.83. The van der Waals surface area contributed by atoms with E-state index in [0.717, 1.165) is 11.3 Å². The fourth-order valence-corrected chi connectivity index (χ4v) is 4.19. The molecule has 0 radical (unpaired) electrons. The minimum Gasteiger partial charge on any atom is -0.256 e. The van der Waals surface area contributed by atoms with E-state index < -0.39 is 8.07 Å². The predicted octanol–water partition coefficient (Wildman–Crippen LogP) is 4.85. The molecule has 0 unspecified atom stereocenters. The van der Waals surface area contributed by atoms with Crippen molar-refractivity contribution < 1.29 is 0 Å². The van der Waals surface area contributed by atoms with E-state index >= 15 is 0 Å². The van der Waals surface area contributed by atoms with E-state index in [1.165, 1.54) is 10.8 Å². The molecule has 0 saturated carbocycles. The zero-order valence-electron chi connectivity index (χ0n) is 14.1. The average molecular weight is 308 g/mol. The van der Waals surface area contributed by atoms with Gasteiger partial charge in [-0.3, -0.25) is 4.98 Å². The van der Waals surface area contributed by atoms with Crippen LogP contribution in [0, 0.1) is 0 Å². The zero-order chi connectivity index (χ0) is 16.4. The van der Waals surface area contributed by atoms with Crippen LogP contribution in [-0.2, 0) is 5.41 Å². The number of hydrogen-bond acceptors (Lipinski definition) is 1. The molecule has 0 aliphatic carbocycles. The molecule has 1 aromatic carbocycles. The number of aromatic nitrogens is 1. The fourth-order valence-electron chi connectivity index (χ4n) is 2.49. The smallest absolute Gasteiger partial charge is 0.106 e. The fraction of sp³-hybridized carbons (Fsp3) is 0.250. The largest absolute Gasteiger partial charge is 0.256 e. The summed E-state index contributed by atoms with van der Waals surface area (Å²) in [5.74, 6) is 0. The maximum Gasteiger partial charge on any atom is 0.106 e. The summed E-state index contributed by atoms with van der Waals surface area (Å²) >= 11 is 0. The van der Waals surface area contributed by atoms with Gasteiger partial charge in [-0.2, -0.15) is 0 Å². The van der Waals surface area contributed by atoms with Crippen molar-refractivity contribution in [1.82, 2.24) is 4.98 Å². The van der Waals surface area contributed by atoms with Crippen molar-refractivity contribution in [3.63, 3.8) is 0 Å². The van der Waals surface area contributed by atoms with E-state index in [1.807, 2.05) is 24.3 Å². The molecule has 0 atom stereocenters. The van der Waals surface area contributed by atoms with E-state index in [-0.39, 0.29) is 5.41 Å². The molecule has 0 spiro atoms. The Hall–Kier alpha value is -1.93. The Labute approximate surface area is 135 Å². The van der Waals surface area contributed by atoms with Gasteiger partial charge >= 0.3 is 0 Å². The Morgan fingerprint density at radius 1 is 1.09 bits per heavy atom. The van der Waals surface area contributed by atoms with Gasteiger partial charge in [0.25, 0.3) is 0 Å². The summed E-state index contributed by atoms with van der Waals surface area (Å²) in [6.07, 6.45) is 4.07. The molecular weight excluding hydrogens is 282 g/mol. The van der Waals surface area contributed by atoms with Crippen LogP contribution in [-0.4, -0.2) is 13.1 Å². The summed E-state index contributed by atoms with van der Waals surface area (Å²) in [5, 5.41) is 1.34. The molecule has 2 rings (SSSR count). The van der Waals surface area contributed by atoms with E-state index in [0.29, 0.717) is 0 Å². The van der Waals surface area contributed by atoms with E-state index in [2.05, 4.69) is 70.2 Å². The third kappa shape index (κ3) is 3.12. The SMILES string of the molecule is C=CC(C)(C)c1cc(-c2ccccc2)ncc1[Si](C)(C)C=C. The van der Waals surface area contributed by atoms with Gasteiger partial charge in [-0.15, -0.1) is 13.2 Å². The van der Waals surface area contributed by atoms with Crippen LogP contribution in [0.3, 0.4) is 0 Å². The molecule has 0 amide bonds. The molecule has 0 N–H and O–H groups in total. The standard InChI is InChI=1S/C20H25NSi/c1-7-20(3,4)17-14-18(16-12-10-9-11-13-16)21-15-19(17)22(5,6)8-2/h7-15H,1-2H2,3-6H3. The van der Waals surface area contributed by atoms with Gasteiger partial charge in [-0.25, -0.2) is 0 Å². The summed E-state index contributed by atoms with van der Waals surface area (Å²) in [7, 11) is -1.69. The van der Waals surface area contributed by atoms with Crippen molar-refractivity contribution >= 4 is 13.3 Å². The lowest BCUT2D eigenvalue weighted by Crippen LogP contribution is -2.44. The van der Waals surface area contributed by atoms with Crippen LogP contribution < -0.4 is 5.19 Å². The molecule has 1 aromatic heterocycles. The van der Waals surface area contributed by atoms with Crippen molar-refractivity contribution in [2.24, 2.45) is 0 Å². The van der Waals surface area contributed by atoms with Gasteiger partial charge in [0, 0.05) is 17.2 Å². The van der Waals surface area contributed by atoms with Crippen LogP contribution in [0.5, 0.6) is 0 Å². The second kappa shape index (κ2) is 6.05. The number of rotatable bonds is 5. The Bertz CT molecular complexity index is 684. The van der Waals surface area contributed by atoms with Crippen LogP contribution in [0.25, 0.3) is 11.3 Å². The van der Waals surface area contributed by atoms with Crippen molar-refractivity contribution in [3.05, 3.63) is 73.1 Å². The van der Waals surface area contributed by atoms with Gasteiger partial charge < -0.3 is 0 Å². The summed E-state index contributed by atoms with van der Waals surface area (Å²) in [4.78, 5) is 4.72. The highest BCUT2D eigenvalue weighted by Gasteiger charge is 2.29. The molecule has 1 nitrogen and oxygen atoms in total. The van der Waals surface area contributed by atoms with Crippen molar-refractivity contribution in [2.45, 2.75) is 32.4 Å². The minimum absolute atomic E-state index is 0.0882. The van der Waals surface area contributed by atoms with Crippen LogP contribution in [0.4, 0.5) is 0 Å². The number of hydrogen-bond donors (Lipinski definition) is 0. The monoisotopic (exact) mass is 307 g/mol. The predicted molar refractivity (Wildman–Crippen MR) is 100 cm³/mol. The summed E-state index contributed by atoms with van der Waals surface area (Å²) in [6.45, 7) is 17.1. The first-order chi connectivity index (χ1) is 10.3. The highest BCUT2D eigenvalue weighted by atomic mass is 28.3. The molecule has 0 bridgehead atoms. The van der Waals surface area contributed by atoms with Crippen LogP contribution >= 0.6 is 0 Å². The van der Waals surface area contributed by atoms with E-state index in [9.17, 15) is 0 Å². The lowest BCUT2D eigenvalue weighted by molar-refractivity contribution is 0.675. The lowest BCUT2D eigenvalue weighted by atomic mass is 9.84. The topological polar surface area (TPSA) is 12.9 Å². The van der Waals surface area contributed by atoms with Gasteiger partial charge in [0.05, 0.1) is 5.69 Å². The highest BCUT2D eigenvalue weighted by Crippen LogP contribution is 2.28. The quantitative estimate of drug-likeness (QED) is 0.568. The minimum atomic E-state index is -1.69. The average Bonchev–Trinajstić information content (AvgIpc) is 2.55. The third-order valence-corrected chi connectivity index (χ3v) is 7.19. The first-order valence-electron chi connectivity index (χ1n) is 7.65. The normalized spacial score (nSPS) is 12.0. The second-order valence-corrected chi connectivity index (χ2v) is 11.2. The maximum atomic E-state index is 4.72. The number of pyridine rings is 1. The summed E-state index contributed by atoms with van der Waals surface area (Å²) in [5.41, 5.74) is 5.51. The molecule has 0 aliphatic heterocycles. The van der Waals surface area contributed by atoms with Crippen molar-refractivity contribution in [1.29, 1.82) is 0 Å². The number of nitrogens with zero attached hydrogens (tertiary/aromatic N) is 1. The van der Waals surface area contributed by atoms with E-state index in [4.69, 9.17) is 4.98 Å². The molecule has 114 valence electrons. The van der Waals surface area contributed by atoms with Crippen molar-refractivity contribution in [3.8, 4) is 11.3 Å². The zero-order valence-corrected chi connectivity index (χ0v) is 15.1. The van der Waals surface area contributed by atoms with Gasteiger partial charge in [0.1, 0.15) is 8.07 Å². The summed E-state index contributed by atoms with van der Waals surface area (Å²) < 4.78 is 0. The van der Waals surface area contributed by atoms with Crippen LogP contribution in [0.15, 0.2) is 67.5 Å². The van der Waals surface area contributed by atoms with Gasteiger partial charge in [-0.05, 0) is 16.8 Å². The molecule has 2 aromatic rings.